The Hall–Kier alpha value is -3.89. The van der Waals surface area contributed by atoms with Crippen LogP contribution in [-0.4, -0.2) is 66.2 Å². The van der Waals surface area contributed by atoms with Crippen LogP contribution in [0.15, 0.2) is 63.4 Å². The van der Waals surface area contributed by atoms with Crippen LogP contribution in [0.2, 0.25) is 0 Å². The van der Waals surface area contributed by atoms with Gasteiger partial charge in [-0.2, -0.15) is 5.10 Å². The number of morpholine rings is 1. The van der Waals surface area contributed by atoms with Crippen molar-refractivity contribution in [3.8, 4) is 0 Å². The van der Waals surface area contributed by atoms with Crippen LogP contribution in [-0.2, 0) is 9.47 Å². The maximum Gasteiger partial charge on any atom is 0.258 e. The van der Waals surface area contributed by atoms with Gasteiger partial charge in [-0.25, -0.2) is 4.39 Å². The zero-order valence-corrected chi connectivity index (χ0v) is 18.2. The molecule has 3 aromatic rings. The number of hydrogen-bond donors (Lipinski definition) is 2. The highest BCUT2D eigenvalue weighted by Gasteiger charge is 2.44. The van der Waals surface area contributed by atoms with Crippen LogP contribution in [0, 0.1) is 5.82 Å². The van der Waals surface area contributed by atoms with E-state index in [1.54, 1.807) is 29.2 Å². The number of halogens is 1. The molecule has 174 valence electrons. The van der Waals surface area contributed by atoms with Crippen molar-refractivity contribution < 1.29 is 18.7 Å². The first-order chi connectivity index (χ1) is 16.5. The molecule has 10 heteroatoms. The number of benzene rings is 2. The van der Waals surface area contributed by atoms with Crippen LogP contribution in [0.25, 0.3) is 10.9 Å². The van der Waals surface area contributed by atoms with Crippen LogP contribution < -0.4 is 11.4 Å². The second kappa shape index (κ2) is 8.81. The van der Waals surface area contributed by atoms with E-state index in [4.69, 9.17) is 15.3 Å². The average molecular weight is 463 g/mol. The third kappa shape index (κ3) is 4.20. The summed E-state index contributed by atoms with van der Waals surface area (Å²) < 4.78 is 24.6. The van der Waals surface area contributed by atoms with Crippen LogP contribution in [0.1, 0.15) is 15.9 Å². The Labute approximate surface area is 193 Å². The lowest BCUT2D eigenvalue weighted by atomic mass is 9.99. The molecule has 0 atom stereocenters. The lowest BCUT2D eigenvalue weighted by Crippen LogP contribution is -2.63. The Balaban J connectivity index is 1.32. The summed E-state index contributed by atoms with van der Waals surface area (Å²) in [6.07, 6.45) is 1.36. The molecule has 0 radical (unpaired) electrons. The highest BCUT2D eigenvalue weighted by molar-refractivity contribution is 6.38. The molecule has 1 spiro atoms. The molecule has 5 rings (SSSR count). The molecule has 3 N–H and O–H groups in total. The molecule has 0 bridgehead atoms. The molecule has 1 amide bonds. The van der Waals surface area contributed by atoms with E-state index in [-0.39, 0.29) is 22.8 Å². The Kier molecular flexibility index (Phi) is 5.68. The predicted molar refractivity (Wildman–Crippen MR) is 125 cm³/mol. The molecule has 2 fully saturated rings. The van der Waals surface area contributed by atoms with Crippen LogP contribution >= 0.6 is 0 Å². The summed E-state index contributed by atoms with van der Waals surface area (Å²) in [5, 5.41) is 4.17. The number of carbonyl (C=O) groups excluding carboxylic acids is 1. The molecule has 0 aliphatic carbocycles. The number of hydrogen-bond acceptors (Lipinski definition) is 7. The van der Waals surface area contributed by atoms with Gasteiger partial charge in [-0.3, -0.25) is 14.6 Å². The van der Waals surface area contributed by atoms with Crippen molar-refractivity contribution in [2.75, 3.05) is 32.9 Å². The quantitative estimate of drug-likeness (QED) is 0.348. The van der Waals surface area contributed by atoms with Crippen molar-refractivity contribution in [3.63, 3.8) is 0 Å². The minimum Gasteiger partial charge on any atom is -0.375 e. The zero-order valence-electron chi connectivity index (χ0n) is 18.2. The number of rotatable bonds is 4. The van der Waals surface area contributed by atoms with Crippen LogP contribution in [0.5, 0.6) is 0 Å². The van der Waals surface area contributed by atoms with Gasteiger partial charge in [0, 0.05) is 23.0 Å². The zero-order chi connectivity index (χ0) is 23.7. The standard InChI is InChI=1S/C24H22FN5O4/c25-17-3-6-20-16(9-17)10-19(22(31)28-20)21(29-26)11-27-18-4-1-15(2-5-18)23(32)30-7-8-34-24(12-30)13-33-14-24/h1-6,9-11H,7-8,12-14,26H2,(H,28,31). The number of nitrogens with one attached hydrogen (secondary N) is 1. The second-order valence-corrected chi connectivity index (χ2v) is 8.31. The fourth-order valence-corrected chi connectivity index (χ4v) is 4.07. The first-order valence-electron chi connectivity index (χ1n) is 10.7. The van der Waals surface area contributed by atoms with E-state index >= 15 is 0 Å². The number of carbonyl (C=O) groups is 1. The number of amides is 1. The number of fused-ring (bicyclic) bond motifs is 1. The average Bonchev–Trinajstić information content (AvgIpc) is 2.84. The maximum atomic E-state index is 13.6. The lowest BCUT2D eigenvalue weighted by molar-refractivity contribution is -0.232. The first-order valence-corrected chi connectivity index (χ1v) is 10.7. The van der Waals surface area contributed by atoms with Gasteiger partial charge in [0.15, 0.2) is 0 Å². The third-order valence-electron chi connectivity index (χ3n) is 5.94. The molecule has 2 aliphatic rings. The van der Waals surface area contributed by atoms with Gasteiger partial charge in [0.25, 0.3) is 11.5 Å². The predicted octanol–water partition coefficient (Wildman–Crippen LogP) is 1.97. The summed E-state index contributed by atoms with van der Waals surface area (Å²) in [4.78, 5) is 34.1. The molecule has 0 unspecified atom stereocenters. The van der Waals surface area contributed by atoms with Gasteiger partial charge in [-0.05, 0) is 48.5 Å². The van der Waals surface area contributed by atoms with E-state index in [9.17, 15) is 14.0 Å². The Morgan fingerprint density at radius 1 is 1.18 bits per heavy atom. The number of hydrazone groups is 1. The number of H-pyrrole nitrogens is 1. The highest BCUT2D eigenvalue weighted by Crippen LogP contribution is 2.27. The molecule has 1 aromatic heterocycles. The van der Waals surface area contributed by atoms with Gasteiger partial charge in [-0.15, -0.1) is 0 Å². The second-order valence-electron chi connectivity index (χ2n) is 8.31. The van der Waals surface area contributed by atoms with Crippen molar-refractivity contribution in [2.45, 2.75) is 5.60 Å². The SMILES string of the molecule is NN=C(C=Nc1ccc(C(=O)N2CCOC3(COC3)C2)cc1)c1cc2cc(F)ccc2[nH]c1=O. The molecule has 2 aromatic carbocycles. The minimum absolute atomic E-state index is 0.0794. The summed E-state index contributed by atoms with van der Waals surface area (Å²) in [6.45, 7) is 2.53. The molecule has 3 heterocycles. The van der Waals surface area contributed by atoms with Crippen LogP contribution in [0.3, 0.4) is 0 Å². The third-order valence-corrected chi connectivity index (χ3v) is 5.94. The molecule has 0 saturated carbocycles. The van der Waals surface area contributed by atoms with Crippen molar-refractivity contribution in [2.24, 2.45) is 15.9 Å². The summed E-state index contributed by atoms with van der Waals surface area (Å²) in [7, 11) is 0. The fourth-order valence-electron chi connectivity index (χ4n) is 4.07. The van der Waals surface area contributed by atoms with E-state index in [2.05, 4.69) is 15.1 Å². The van der Waals surface area contributed by atoms with Crippen LogP contribution in [0.4, 0.5) is 10.1 Å². The largest absolute Gasteiger partial charge is 0.375 e. The summed E-state index contributed by atoms with van der Waals surface area (Å²) >= 11 is 0. The number of aliphatic imine (C=N–C) groups is 1. The minimum atomic E-state index is -0.423. The van der Waals surface area contributed by atoms with E-state index in [1.165, 1.54) is 30.5 Å². The molecule has 9 nitrogen and oxygen atoms in total. The summed E-state index contributed by atoms with van der Waals surface area (Å²) in [5.74, 6) is 4.99. The van der Waals surface area contributed by atoms with E-state index in [0.29, 0.717) is 55.1 Å². The van der Waals surface area contributed by atoms with E-state index < -0.39 is 11.4 Å². The topological polar surface area (TPSA) is 122 Å². The number of nitrogens with zero attached hydrogens (tertiary/aromatic N) is 3. The van der Waals surface area contributed by atoms with Crippen molar-refractivity contribution >= 4 is 34.4 Å². The molecule has 34 heavy (non-hydrogen) atoms. The highest BCUT2D eigenvalue weighted by atomic mass is 19.1. The van der Waals surface area contributed by atoms with Gasteiger partial charge in [0.2, 0.25) is 0 Å². The normalized spacial score (nSPS) is 17.9. The summed E-state index contributed by atoms with van der Waals surface area (Å²) in [6, 6.07) is 12.4. The van der Waals surface area contributed by atoms with Gasteiger partial charge < -0.3 is 25.2 Å². The number of ether oxygens (including phenoxy) is 2. The molecular formula is C24H22FN5O4. The first kappa shape index (κ1) is 21.9. The molecule has 2 saturated heterocycles. The summed E-state index contributed by atoms with van der Waals surface area (Å²) in [5.41, 5.74) is 1.09. The number of aromatic amines is 1. The fraction of sp³-hybridized carbons (Fsp3) is 0.250. The van der Waals surface area contributed by atoms with Gasteiger partial charge >= 0.3 is 0 Å². The Bertz CT molecular complexity index is 1360. The number of aromatic nitrogens is 1. The van der Waals surface area contributed by atoms with Gasteiger partial charge in [-0.1, -0.05) is 0 Å². The molecular weight excluding hydrogens is 441 g/mol. The monoisotopic (exact) mass is 463 g/mol. The maximum absolute atomic E-state index is 13.6. The van der Waals surface area contributed by atoms with Gasteiger partial charge in [0.1, 0.15) is 17.1 Å². The van der Waals surface area contributed by atoms with E-state index in [0.717, 1.165) is 0 Å². The number of pyridine rings is 1. The smallest absolute Gasteiger partial charge is 0.258 e. The van der Waals surface area contributed by atoms with Gasteiger partial charge in [0.05, 0.1) is 43.8 Å². The van der Waals surface area contributed by atoms with Crippen molar-refractivity contribution in [3.05, 3.63) is 75.8 Å². The van der Waals surface area contributed by atoms with Crippen molar-refractivity contribution in [1.82, 2.24) is 9.88 Å². The Morgan fingerprint density at radius 3 is 2.68 bits per heavy atom. The number of nitrogens with two attached hydrogens (primary N) is 1. The van der Waals surface area contributed by atoms with Crippen molar-refractivity contribution in [1.29, 1.82) is 0 Å². The Morgan fingerprint density at radius 2 is 1.97 bits per heavy atom. The molecule has 2 aliphatic heterocycles. The lowest BCUT2D eigenvalue weighted by Gasteiger charge is -2.47. The van der Waals surface area contributed by atoms with E-state index in [1.807, 2.05) is 0 Å².